The van der Waals surface area contributed by atoms with Gasteiger partial charge in [0.25, 0.3) is 5.91 Å². The second-order valence-electron chi connectivity index (χ2n) is 7.33. The van der Waals surface area contributed by atoms with Crippen molar-refractivity contribution in [2.45, 2.75) is 13.0 Å². The highest BCUT2D eigenvalue weighted by molar-refractivity contribution is 5.95. The van der Waals surface area contributed by atoms with Crippen LogP contribution in [-0.2, 0) is 13.0 Å². The van der Waals surface area contributed by atoms with Gasteiger partial charge in [-0.25, -0.2) is 0 Å². The van der Waals surface area contributed by atoms with Crippen molar-refractivity contribution in [2.24, 2.45) is 0 Å². The van der Waals surface area contributed by atoms with Gasteiger partial charge in [0, 0.05) is 17.5 Å². The van der Waals surface area contributed by atoms with E-state index in [4.69, 9.17) is 14.2 Å². The maximum Gasteiger partial charge on any atom is 0.254 e. The Labute approximate surface area is 165 Å². The Morgan fingerprint density at radius 3 is 2.61 bits per heavy atom. The first-order valence-electron chi connectivity index (χ1n) is 9.77. The molecule has 2 aromatic rings. The van der Waals surface area contributed by atoms with E-state index in [0.29, 0.717) is 17.1 Å². The number of hydrogen-bond donors (Lipinski definition) is 1. The summed E-state index contributed by atoms with van der Waals surface area (Å²) in [6, 6.07) is 11.9. The molecule has 0 atom stereocenters. The van der Waals surface area contributed by atoms with E-state index >= 15 is 0 Å². The van der Waals surface area contributed by atoms with Crippen LogP contribution in [0.1, 0.15) is 21.5 Å². The van der Waals surface area contributed by atoms with Crippen LogP contribution < -0.4 is 19.1 Å². The number of quaternary nitrogens is 1. The molecule has 2 aliphatic rings. The maximum absolute atomic E-state index is 12.9. The summed E-state index contributed by atoms with van der Waals surface area (Å²) in [5.41, 5.74) is 3.30. The largest absolute Gasteiger partial charge is 0.493 e. The predicted octanol–water partition coefficient (Wildman–Crippen LogP) is 1.18. The van der Waals surface area contributed by atoms with Crippen LogP contribution in [0.3, 0.4) is 0 Å². The molecule has 0 radical (unpaired) electrons. The summed E-state index contributed by atoms with van der Waals surface area (Å²) in [7, 11) is 3.18. The van der Waals surface area contributed by atoms with Crippen molar-refractivity contribution in [3.63, 3.8) is 0 Å². The molecule has 0 bridgehead atoms. The summed E-state index contributed by atoms with van der Waals surface area (Å²) in [5, 5.41) is 0. The van der Waals surface area contributed by atoms with E-state index in [1.54, 1.807) is 32.4 Å². The van der Waals surface area contributed by atoms with Crippen LogP contribution >= 0.6 is 0 Å². The number of nitrogens with one attached hydrogen (secondary N) is 1. The number of carbonyl (C=O) groups excluding carboxylic acids is 1. The Hall–Kier alpha value is -2.73. The van der Waals surface area contributed by atoms with Crippen molar-refractivity contribution in [1.82, 2.24) is 4.90 Å². The van der Waals surface area contributed by atoms with Crippen LogP contribution in [0.15, 0.2) is 36.4 Å². The molecule has 0 saturated carbocycles. The van der Waals surface area contributed by atoms with Crippen molar-refractivity contribution in [2.75, 3.05) is 47.0 Å². The van der Waals surface area contributed by atoms with Gasteiger partial charge in [0.1, 0.15) is 12.3 Å². The minimum absolute atomic E-state index is 0.0506. The third kappa shape index (κ3) is 3.78. The van der Waals surface area contributed by atoms with E-state index in [2.05, 4.69) is 18.2 Å². The summed E-state index contributed by atoms with van der Waals surface area (Å²) >= 11 is 0. The van der Waals surface area contributed by atoms with Gasteiger partial charge in [-0.05, 0) is 42.0 Å². The average Bonchev–Trinajstić information content (AvgIpc) is 3.21. The lowest BCUT2D eigenvalue weighted by Gasteiger charge is -2.32. The lowest BCUT2D eigenvalue weighted by molar-refractivity contribution is -0.917. The van der Waals surface area contributed by atoms with Gasteiger partial charge < -0.3 is 24.0 Å². The van der Waals surface area contributed by atoms with E-state index in [-0.39, 0.29) is 5.91 Å². The van der Waals surface area contributed by atoms with Crippen LogP contribution in [0.4, 0.5) is 0 Å². The van der Waals surface area contributed by atoms with Gasteiger partial charge in [0.05, 0.1) is 47.0 Å². The first-order chi connectivity index (χ1) is 13.7. The second kappa shape index (κ2) is 8.10. The van der Waals surface area contributed by atoms with E-state index < -0.39 is 0 Å². The predicted molar refractivity (Wildman–Crippen MR) is 105 cm³/mol. The Morgan fingerprint density at radius 1 is 1.07 bits per heavy atom. The molecule has 2 aromatic carbocycles. The minimum Gasteiger partial charge on any atom is -0.493 e. The molecule has 0 unspecified atom stereocenters. The van der Waals surface area contributed by atoms with Gasteiger partial charge in [-0.3, -0.25) is 4.79 Å². The first kappa shape index (κ1) is 18.6. The number of hydrogen-bond acceptors (Lipinski definition) is 4. The van der Waals surface area contributed by atoms with Gasteiger partial charge in [-0.15, -0.1) is 0 Å². The number of methoxy groups -OCH3 is 2. The van der Waals surface area contributed by atoms with E-state index in [0.717, 1.165) is 51.5 Å². The fourth-order valence-electron chi connectivity index (χ4n) is 3.99. The maximum atomic E-state index is 12.9. The molecule has 2 aliphatic heterocycles. The highest BCUT2D eigenvalue weighted by Gasteiger charge is 2.25. The molecular weight excluding hydrogens is 356 g/mol. The first-order valence-corrected chi connectivity index (χ1v) is 9.77. The highest BCUT2D eigenvalue weighted by atomic mass is 16.5. The van der Waals surface area contributed by atoms with E-state index in [1.807, 2.05) is 4.90 Å². The zero-order valence-electron chi connectivity index (χ0n) is 16.5. The molecule has 0 aromatic heterocycles. The fourth-order valence-corrected chi connectivity index (χ4v) is 3.99. The van der Waals surface area contributed by atoms with Gasteiger partial charge >= 0.3 is 0 Å². The molecule has 1 amide bonds. The summed E-state index contributed by atoms with van der Waals surface area (Å²) < 4.78 is 16.2. The molecular formula is C22H27N2O4+. The van der Waals surface area contributed by atoms with Crippen LogP contribution in [0, 0.1) is 0 Å². The van der Waals surface area contributed by atoms with Crippen molar-refractivity contribution in [1.29, 1.82) is 0 Å². The number of ether oxygens (including phenoxy) is 3. The topological polar surface area (TPSA) is 52.4 Å². The lowest BCUT2D eigenvalue weighted by Crippen LogP contribution is -3.13. The Bertz CT molecular complexity index is 860. The third-order valence-electron chi connectivity index (χ3n) is 5.60. The molecule has 0 spiro atoms. The van der Waals surface area contributed by atoms with Crippen molar-refractivity contribution < 1.29 is 23.9 Å². The van der Waals surface area contributed by atoms with Gasteiger partial charge in [0.2, 0.25) is 0 Å². The number of benzene rings is 2. The SMILES string of the molecule is COc1ccc(C(=O)N2CC[NH+](Cc3ccc4c(c3)CCO4)CC2)cc1OC. The second-order valence-corrected chi connectivity index (χ2v) is 7.33. The minimum atomic E-state index is 0.0506. The Kier molecular flexibility index (Phi) is 5.39. The van der Waals surface area contributed by atoms with Crippen LogP contribution in [0.2, 0.25) is 0 Å². The number of carbonyl (C=O) groups is 1. The quantitative estimate of drug-likeness (QED) is 0.843. The summed E-state index contributed by atoms with van der Waals surface area (Å²) in [6.45, 7) is 5.21. The van der Waals surface area contributed by atoms with E-state index in [9.17, 15) is 4.79 Å². The molecule has 4 rings (SSSR count). The lowest BCUT2D eigenvalue weighted by atomic mass is 10.1. The third-order valence-corrected chi connectivity index (χ3v) is 5.60. The van der Waals surface area contributed by atoms with E-state index in [1.165, 1.54) is 16.0 Å². The number of piperazine rings is 1. The molecule has 6 heteroatoms. The standard InChI is InChI=1S/C22H26N2O4/c1-26-20-6-4-18(14-21(20)27-2)22(25)24-10-8-23(9-11-24)15-16-3-5-19-17(13-16)7-12-28-19/h3-6,13-14H,7-12,15H2,1-2H3/p+1. The molecule has 6 nitrogen and oxygen atoms in total. The van der Waals surface area contributed by atoms with Gasteiger partial charge in [0.15, 0.2) is 11.5 Å². The number of amides is 1. The normalized spacial score (nSPS) is 16.4. The molecule has 148 valence electrons. The van der Waals surface area contributed by atoms with Crippen LogP contribution in [0.5, 0.6) is 17.2 Å². The average molecular weight is 383 g/mol. The fraction of sp³-hybridized carbons (Fsp3) is 0.409. The highest BCUT2D eigenvalue weighted by Crippen LogP contribution is 2.28. The smallest absolute Gasteiger partial charge is 0.254 e. The summed E-state index contributed by atoms with van der Waals surface area (Å²) in [4.78, 5) is 16.3. The summed E-state index contributed by atoms with van der Waals surface area (Å²) in [6.07, 6.45) is 1.01. The zero-order chi connectivity index (χ0) is 19.5. The number of rotatable bonds is 5. The van der Waals surface area contributed by atoms with Crippen molar-refractivity contribution in [3.05, 3.63) is 53.1 Å². The van der Waals surface area contributed by atoms with Gasteiger partial charge in [-0.2, -0.15) is 0 Å². The monoisotopic (exact) mass is 383 g/mol. The number of fused-ring (bicyclic) bond motifs is 1. The Morgan fingerprint density at radius 2 is 1.86 bits per heavy atom. The molecule has 1 fully saturated rings. The Balaban J connectivity index is 1.35. The van der Waals surface area contributed by atoms with Crippen LogP contribution in [0.25, 0.3) is 0 Å². The zero-order valence-corrected chi connectivity index (χ0v) is 16.5. The van der Waals surface area contributed by atoms with Crippen LogP contribution in [-0.4, -0.2) is 57.8 Å². The molecule has 0 aliphatic carbocycles. The molecule has 2 heterocycles. The number of nitrogens with zero attached hydrogens (tertiary/aromatic N) is 1. The van der Waals surface area contributed by atoms with Gasteiger partial charge in [-0.1, -0.05) is 0 Å². The summed E-state index contributed by atoms with van der Waals surface area (Å²) in [5.74, 6) is 2.30. The van der Waals surface area contributed by atoms with Crippen molar-refractivity contribution in [3.8, 4) is 17.2 Å². The molecule has 1 N–H and O–H groups in total. The van der Waals surface area contributed by atoms with Crippen molar-refractivity contribution >= 4 is 5.91 Å². The molecule has 1 saturated heterocycles. The molecule has 28 heavy (non-hydrogen) atoms.